The number of aromatic nitrogens is 5. The van der Waals surface area contributed by atoms with Gasteiger partial charge in [0.2, 0.25) is 0 Å². The molecule has 0 spiro atoms. The van der Waals surface area contributed by atoms with E-state index in [1.807, 2.05) is 54.8 Å². The molecule has 6 heterocycles. The van der Waals surface area contributed by atoms with Gasteiger partial charge in [-0.15, -0.1) is 11.3 Å². The number of piperidine rings is 1. The number of nitrogens with zero attached hydrogens (tertiary/aromatic N) is 7. The molecule has 6 rings (SSSR count). The Kier molecular flexibility index (Phi) is 12.5. The quantitative estimate of drug-likeness (QED) is 0.0696. The predicted molar refractivity (Wildman–Crippen MR) is 227 cm³/mol. The summed E-state index contributed by atoms with van der Waals surface area (Å²) in [4.78, 5) is 33.5. The molecule has 2 bridgehead atoms. The lowest BCUT2D eigenvalue weighted by Gasteiger charge is -2.39. The van der Waals surface area contributed by atoms with Crippen LogP contribution in [0.5, 0.6) is 0 Å². The van der Waals surface area contributed by atoms with Crippen LogP contribution in [0.2, 0.25) is 51.4 Å². The molecule has 15 heteroatoms. The van der Waals surface area contributed by atoms with Crippen LogP contribution in [-0.4, -0.2) is 96.1 Å². The lowest BCUT2D eigenvalue weighted by Crippen LogP contribution is -2.48. The van der Waals surface area contributed by atoms with Gasteiger partial charge in [-0.1, -0.05) is 45.3 Å². The van der Waals surface area contributed by atoms with Gasteiger partial charge in [0.1, 0.15) is 24.1 Å². The van der Waals surface area contributed by atoms with Crippen molar-refractivity contribution in [3.63, 3.8) is 0 Å². The Balaban J connectivity index is 1.39. The van der Waals surface area contributed by atoms with Crippen molar-refractivity contribution in [1.82, 2.24) is 29.5 Å². The first kappa shape index (κ1) is 41.0. The number of fused-ring (bicyclic) bond motifs is 3. The lowest BCUT2D eigenvalue weighted by molar-refractivity contribution is 0.00566. The summed E-state index contributed by atoms with van der Waals surface area (Å²) in [5, 5.41) is 5.87. The number of halogens is 1. The first-order valence-electron chi connectivity index (χ1n) is 19.2. The highest BCUT2D eigenvalue weighted by Crippen LogP contribution is 2.47. The molecule has 4 aromatic rings. The van der Waals surface area contributed by atoms with Gasteiger partial charge in [-0.05, 0) is 87.5 Å². The summed E-state index contributed by atoms with van der Waals surface area (Å²) in [6.07, 6.45) is 8.99. The lowest BCUT2D eigenvalue weighted by atomic mass is 9.88. The van der Waals surface area contributed by atoms with Gasteiger partial charge in [0.05, 0.1) is 22.1 Å². The zero-order chi connectivity index (χ0) is 39.0. The second-order valence-corrected chi connectivity index (χ2v) is 31.6. The number of rotatable bonds is 14. The van der Waals surface area contributed by atoms with E-state index in [9.17, 15) is 4.79 Å². The van der Waals surface area contributed by atoms with Crippen LogP contribution in [0, 0.1) is 6.92 Å². The van der Waals surface area contributed by atoms with Gasteiger partial charge in [0, 0.05) is 75.8 Å². The maximum atomic E-state index is 13.4. The number of hydrogen-bond donors (Lipinski definition) is 0. The zero-order valence-electron chi connectivity index (χ0n) is 33.7. The molecule has 294 valence electrons. The van der Waals surface area contributed by atoms with Crippen LogP contribution in [0.3, 0.4) is 0 Å². The highest BCUT2D eigenvalue weighted by atomic mass is 79.9. The number of ether oxygens (including phenoxy) is 3. The summed E-state index contributed by atoms with van der Waals surface area (Å²) < 4.78 is 21.5. The zero-order valence-corrected chi connectivity index (χ0v) is 38.1. The third-order valence-electron chi connectivity index (χ3n) is 10.0. The number of anilines is 1. The second-order valence-electron chi connectivity index (χ2n) is 18.3. The average molecular weight is 857 g/mol. The molecular formula is C39H58BrN7O4SSi2. The van der Waals surface area contributed by atoms with Gasteiger partial charge < -0.3 is 24.0 Å². The predicted octanol–water partition coefficient (Wildman–Crippen LogP) is 10.1. The molecule has 54 heavy (non-hydrogen) atoms. The Morgan fingerprint density at radius 2 is 1.57 bits per heavy atom. The van der Waals surface area contributed by atoms with E-state index in [4.69, 9.17) is 29.3 Å². The first-order chi connectivity index (χ1) is 25.4. The third-order valence-corrected chi connectivity index (χ3v) is 15.1. The van der Waals surface area contributed by atoms with E-state index in [-0.39, 0.29) is 24.1 Å². The van der Waals surface area contributed by atoms with Crippen molar-refractivity contribution in [3.8, 4) is 21.8 Å². The molecule has 2 aliphatic heterocycles. The number of pyridine rings is 1. The monoisotopic (exact) mass is 855 g/mol. The number of hydrogen-bond acceptors (Lipinski definition) is 10. The summed E-state index contributed by atoms with van der Waals surface area (Å²) in [7, 11) is -2.59. The molecule has 1 amide bonds. The summed E-state index contributed by atoms with van der Waals surface area (Å²) in [6.45, 7) is 24.2. The fourth-order valence-corrected chi connectivity index (χ4v) is 10.2. The van der Waals surface area contributed by atoms with E-state index in [2.05, 4.69) is 78.1 Å². The molecule has 0 aliphatic carbocycles. The first-order valence-corrected chi connectivity index (χ1v) is 28.3. The number of carbonyl (C=O) groups is 1. The Labute approximate surface area is 335 Å². The van der Waals surface area contributed by atoms with E-state index in [1.165, 1.54) is 0 Å². The second kappa shape index (κ2) is 16.4. The van der Waals surface area contributed by atoms with Crippen molar-refractivity contribution in [2.45, 2.75) is 128 Å². The molecule has 4 aromatic heterocycles. The Morgan fingerprint density at radius 1 is 0.944 bits per heavy atom. The van der Waals surface area contributed by atoms with E-state index in [1.54, 1.807) is 11.3 Å². The van der Waals surface area contributed by atoms with Crippen molar-refractivity contribution < 1.29 is 19.0 Å². The van der Waals surface area contributed by atoms with Crippen LogP contribution >= 0.6 is 27.3 Å². The minimum Gasteiger partial charge on any atom is -0.444 e. The molecule has 2 saturated heterocycles. The van der Waals surface area contributed by atoms with Crippen LogP contribution in [-0.2, 0) is 14.2 Å². The molecule has 0 N–H and O–H groups in total. The summed E-state index contributed by atoms with van der Waals surface area (Å²) in [5.74, 6) is 0.977. The molecule has 0 radical (unpaired) electrons. The highest BCUT2D eigenvalue weighted by molar-refractivity contribution is 9.10. The van der Waals surface area contributed by atoms with E-state index in [0.29, 0.717) is 26.7 Å². The summed E-state index contributed by atoms with van der Waals surface area (Å²) in [6, 6.07) is 6.44. The molecular weight excluding hydrogens is 799 g/mol. The van der Waals surface area contributed by atoms with Gasteiger partial charge in [-0.3, -0.25) is 4.98 Å². The smallest absolute Gasteiger partial charge is 0.410 e. The molecule has 2 fully saturated rings. The van der Waals surface area contributed by atoms with Gasteiger partial charge >= 0.3 is 6.09 Å². The standard InChI is InChI=1S/C39H58BrN7O4SSi2/c1-26-21-42-36(52-26)32-14-11-27(22-41-32)31-23-43-47-35(31)44-34(28-19-29-12-13-30(20-28)46(29)38(48)51-39(2,3)4)33(40)37(47)45(24-49-15-17-53(5,6)7)25-50-16-18-54(8,9)10/h11,14,21-23,28-30H,12-13,15-20,24-25H2,1-10H3/t28?,29-,30+. The van der Waals surface area contributed by atoms with Gasteiger partial charge in [-0.25, -0.2) is 14.8 Å². The normalized spacial score (nSPS) is 19.2. The number of amides is 1. The van der Waals surface area contributed by atoms with Crippen LogP contribution in [0.4, 0.5) is 10.6 Å². The average Bonchev–Trinajstić information content (AvgIpc) is 3.77. The molecule has 0 saturated carbocycles. The summed E-state index contributed by atoms with van der Waals surface area (Å²) >= 11 is 5.72. The van der Waals surface area contributed by atoms with Crippen molar-refractivity contribution in [1.29, 1.82) is 0 Å². The Morgan fingerprint density at radius 3 is 2.09 bits per heavy atom. The third kappa shape index (κ3) is 9.99. The SMILES string of the molecule is Cc1cnc(-c2ccc(-c3cnn4c(N(COCC[Si](C)(C)C)COCC[Si](C)(C)C)c(Br)c(C5C[C@H]6CC[C@@H](C5)N6C(=O)OC(C)(C)C)nc34)cn2)s1. The molecule has 3 atom stereocenters. The van der Waals surface area contributed by atoms with Crippen LogP contribution < -0.4 is 4.90 Å². The number of aryl methyl sites for hydroxylation is 1. The molecule has 0 aromatic carbocycles. The van der Waals surface area contributed by atoms with Crippen molar-refractivity contribution >= 4 is 61.0 Å². The Bertz CT molecular complexity index is 1880. The number of carbonyl (C=O) groups excluding carboxylic acids is 1. The molecule has 2 aliphatic rings. The van der Waals surface area contributed by atoms with E-state index < -0.39 is 21.7 Å². The van der Waals surface area contributed by atoms with Crippen LogP contribution in [0.1, 0.15) is 62.9 Å². The fourth-order valence-electron chi connectivity index (χ4n) is 7.15. The maximum absolute atomic E-state index is 13.4. The van der Waals surface area contributed by atoms with Crippen molar-refractivity contribution in [3.05, 3.63) is 45.8 Å². The van der Waals surface area contributed by atoms with Crippen molar-refractivity contribution in [2.24, 2.45) is 0 Å². The summed E-state index contributed by atoms with van der Waals surface area (Å²) in [5.41, 5.74) is 3.84. The van der Waals surface area contributed by atoms with Gasteiger partial charge in [-0.2, -0.15) is 9.61 Å². The largest absolute Gasteiger partial charge is 0.444 e. The molecule has 1 unspecified atom stereocenters. The minimum atomic E-state index is -1.29. The molecule has 11 nitrogen and oxygen atoms in total. The topological polar surface area (TPSA) is 107 Å². The fraction of sp³-hybridized carbons (Fsp3) is 0.615. The van der Waals surface area contributed by atoms with E-state index in [0.717, 1.165) is 86.1 Å². The Hall–Kier alpha value is -2.70. The highest BCUT2D eigenvalue weighted by Gasteiger charge is 2.46. The van der Waals surface area contributed by atoms with Crippen LogP contribution in [0.15, 0.2) is 35.2 Å². The van der Waals surface area contributed by atoms with Crippen LogP contribution in [0.25, 0.3) is 27.5 Å². The maximum Gasteiger partial charge on any atom is 0.410 e. The van der Waals surface area contributed by atoms with Crippen molar-refractivity contribution in [2.75, 3.05) is 31.6 Å². The van der Waals surface area contributed by atoms with Gasteiger partial charge in [0.15, 0.2) is 11.5 Å². The minimum absolute atomic E-state index is 0.0958. The van der Waals surface area contributed by atoms with Gasteiger partial charge in [0.25, 0.3) is 0 Å². The van der Waals surface area contributed by atoms with E-state index >= 15 is 0 Å². The number of thiazole rings is 1.